The van der Waals surface area contributed by atoms with Crippen molar-refractivity contribution in [2.24, 2.45) is 17.0 Å². The van der Waals surface area contributed by atoms with Gasteiger partial charge in [-0.2, -0.15) is 4.31 Å². The highest BCUT2D eigenvalue weighted by Crippen LogP contribution is 2.24. The van der Waals surface area contributed by atoms with E-state index >= 15 is 0 Å². The summed E-state index contributed by atoms with van der Waals surface area (Å²) >= 11 is 0. The number of aromatic nitrogens is 1. The van der Waals surface area contributed by atoms with Crippen molar-refractivity contribution in [1.82, 2.24) is 24.4 Å². The van der Waals surface area contributed by atoms with E-state index in [1.54, 1.807) is 9.80 Å². The summed E-state index contributed by atoms with van der Waals surface area (Å²) in [6, 6.07) is 19.2. The molecule has 1 aromatic heterocycles. The average molecular weight is 735 g/mol. The molecule has 0 spiro atoms. The summed E-state index contributed by atoms with van der Waals surface area (Å²) in [5.41, 5.74) is 3.11. The molecule has 2 heterocycles. The zero-order valence-electron chi connectivity index (χ0n) is 31.1. The molecule has 1 fully saturated rings. The molecule has 0 bridgehead atoms. The Hall–Kier alpha value is -4.33. The Bertz CT molecular complexity index is 1750. The topological polar surface area (TPSA) is 156 Å². The number of carbonyl (C=O) groups excluding carboxylic acids is 2. The van der Waals surface area contributed by atoms with E-state index in [9.17, 15) is 23.1 Å². The number of aliphatic hydroxyl groups excluding tert-OH is 1. The summed E-state index contributed by atoms with van der Waals surface area (Å²) in [6.07, 6.45) is 0.783. The summed E-state index contributed by atoms with van der Waals surface area (Å²) in [6.45, 7) is 12.8. The first-order valence-electron chi connectivity index (χ1n) is 18.1. The van der Waals surface area contributed by atoms with Crippen LogP contribution in [0.2, 0.25) is 0 Å². The van der Waals surface area contributed by atoms with Crippen molar-refractivity contribution in [3.05, 3.63) is 95.3 Å². The maximum atomic E-state index is 14.3. The fourth-order valence-electron chi connectivity index (χ4n) is 6.41. The molecular weight excluding hydrogens is 681 g/mol. The van der Waals surface area contributed by atoms with Crippen LogP contribution in [0.1, 0.15) is 76.4 Å². The Morgan fingerprint density at radius 2 is 1.67 bits per heavy atom. The Balaban J connectivity index is 1.59. The number of aliphatic hydroxyl groups is 1. The second-order valence-corrected chi connectivity index (χ2v) is 16.3. The number of carbonyl (C=O) groups is 2. The van der Waals surface area contributed by atoms with Crippen molar-refractivity contribution in [3.8, 4) is 0 Å². The number of oxime groups is 1. The quantitative estimate of drug-likeness (QED) is 0.0933. The van der Waals surface area contributed by atoms with E-state index in [0.29, 0.717) is 31.6 Å². The fraction of sp³-hybridized carbons (Fsp3) is 0.487. The SMILES string of the molecule is CCC(C)C(C(=O)N[C@@H](Cc1ccccc1)[C@H](O)CN(CC(C)C)S(=O)(=O)c1ccc(/C=N/O)cc1)N1CCN(Cc2cccc(C(C)C)n2)C1=O. The van der Waals surface area contributed by atoms with Gasteiger partial charge in [0.25, 0.3) is 0 Å². The number of pyridine rings is 1. The van der Waals surface area contributed by atoms with Crippen LogP contribution in [0.5, 0.6) is 0 Å². The molecule has 0 radical (unpaired) electrons. The minimum atomic E-state index is -4.06. The molecule has 2 aromatic carbocycles. The molecule has 282 valence electrons. The molecule has 4 atom stereocenters. The van der Waals surface area contributed by atoms with Crippen LogP contribution in [-0.4, -0.2) is 100 Å². The van der Waals surface area contributed by atoms with Crippen LogP contribution < -0.4 is 5.32 Å². The van der Waals surface area contributed by atoms with Crippen LogP contribution in [0.25, 0.3) is 0 Å². The second-order valence-electron chi connectivity index (χ2n) is 14.3. The summed E-state index contributed by atoms with van der Waals surface area (Å²) in [4.78, 5) is 36.3. The Morgan fingerprint density at radius 1 is 0.981 bits per heavy atom. The van der Waals surface area contributed by atoms with Crippen molar-refractivity contribution in [1.29, 1.82) is 0 Å². The van der Waals surface area contributed by atoms with Crippen LogP contribution in [-0.2, 0) is 27.8 Å². The lowest BCUT2D eigenvalue weighted by atomic mass is 9.95. The molecular formula is C39H54N6O6S. The monoisotopic (exact) mass is 734 g/mol. The van der Waals surface area contributed by atoms with E-state index in [1.165, 1.54) is 34.8 Å². The lowest BCUT2D eigenvalue weighted by molar-refractivity contribution is -0.128. The first-order chi connectivity index (χ1) is 24.7. The maximum Gasteiger partial charge on any atom is 0.321 e. The van der Waals surface area contributed by atoms with Crippen molar-refractivity contribution in [2.75, 3.05) is 26.2 Å². The molecule has 52 heavy (non-hydrogen) atoms. The van der Waals surface area contributed by atoms with Gasteiger partial charge in [0.1, 0.15) is 6.04 Å². The molecule has 0 saturated carbocycles. The molecule has 1 aliphatic heterocycles. The van der Waals surface area contributed by atoms with Gasteiger partial charge in [0.05, 0.1) is 35.5 Å². The van der Waals surface area contributed by atoms with E-state index in [-0.39, 0.29) is 48.2 Å². The number of urea groups is 1. The van der Waals surface area contributed by atoms with Crippen molar-refractivity contribution in [3.63, 3.8) is 0 Å². The summed E-state index contributed by atoms with van der Waals surface area (Å²) in [7, 11) is -4.06. The molecule has 2 unspecified atom stereocenters. The van der Waals surface area contributed by atoms with Crippen molar-refractivity contribution >= 4 is 28.2 Å². The van der Waals surface area contributed by atoms with Crippen LogP contribution in [0.4, 0.5) is 4.79 Å². The molecule has 13 heteroatoms. The zero-order valence-corrected chi connectivity index (χ0v) is 31.9. The highest BCUT2D eigenvalue weighted by Gasteiger charge is 2.41. The molecule has 0 aliphatic carbocycles. The van der Waals surface area contributed by atoms with Gasteiger partial charge in [-0.1, -0.05) is 102 Å². The normalized spacial score (nSPS) is 16.2. The molecule has 1 aliphatic rings. The minimum Gasteiger partial charge on any atom is -0.411 e. The van der Waals surface area contributed by atoms with Gasteiger partial charge in [-0.3, -0.25) is 9.78 Å². The minimum absolute atomic E-state index is 0.0270. The molecule has 12 nitrogen and oxygen atoms in total. The number of rotatable bonds is 18. The lowest BCUT2D eigenvalue weighted by Gasteiger charge is -2.35. The van der Waals surface area contributed by atoms with E-state index in [1.807, 2.05) is 76.2 Å². The van der Waals surface area contributed by atoms with Crippen molar-refractivity contribution in [2.45, 2.75) is 89.9 Å². The van der Waals surface area contributed by atoms with Gasteiger partial charge in [0.2, 0.25) is 15.9 Å². The van der Waals surface area contributed by atoms with Gasteiger partial charge in [-0.25, -0.2) is 13.2 Å². The Kier molecular flexibility index (Phi) is 14.3. The predicted octanol–water partition coefficient (Wildman–Crippen LogP) is 5.10. The number of nitrogens with zero attached hydrogens (tertiary/aromatic N) is 5. The first kappa shape index (κ1) is 40.4. The third-order valence-corrected chi connectivity index (χ3v) is 11.3. The zero-order chi connectivity index (χ0) is 38.0. The van der Waals surface area contributed by atoms with Gasteiger partial charge in [-0.15, -0.1) is 0 Å². The van der Waals surface area contributed by atoms with Crippen LogP contribution in [0.3, 0.4) is 0 Å². The van der Waals surface area contributed by atoms with E-state index in [4.69, 9.17) is 10.2 Å². The molecule has 4 rings (SSSR count). The number of benzene rings is 2. The van der Waals surface area contributed by atoms with Crippen molar-refractivity contribution < 1.29 is 28.3 Å². The van der Waals surface area contributed by atoms with E-state index in [0.717, 1.165) is 17.0 Å². The summed E-state index contributed by atoms with van der Waals surface area (Å²) in [5.74, 6) is -0.409. The second kappa shape index (κ2) is 18.4. The van der Waals surface area contributed by atoms with E-state index < -0.39 is 34.1 Å². The molecule has 3 aromatic rings. The largest absolute Gasteiger partial charge is 0.411 e. The highest BCUT2D eigenvalue weighted by molar-refractivity contribution is 7.89. The van der Waals surface area contributed by atoms with Crippen LogP contribution in [0, 0.1) is 11.8 Å². The highest BCUT2D eigenvalue weighted by atomic mass is 32.2. The summed E-state index contributed by atoms with van der Waals surface area (Å²) < 4.78 is 29.1. The average Bonchev–Trinajstić information content (AvgIpc) is 3.46. The smallest absolute Gasteiger partial charge is 0.321 e. The number of hydrogen-bond acceptors (Lipinski definition) is 8. The van der Waals surface area contributed by atoms with Gasteiger partial charge < -0.3 is 25.4 Å². The molecule has 1 saturated heterocycles. The van der Waals surface area contributed by atoms with Crippen LogP contribution in [0.15, 0.2) is 82.8 Å². The van der Waals surface area contributed by atoms with Gasteiger partial charge in [-0.05, 0) is 59.6 Å². The number of amides is 3. The number of hydrogen-bond donors (Lipinski definition) is 3. The predicted molar refractivity (Wildman–Crippen MR) is 202 cm³/mol. The number of sulfonamides is 1. The Morgan fingerprint density at radius 3 is 2.29 bits per heavy atom. The van der Waals surface area contributed by atoms with Gasteiger partial charge in [0, 0.05) is 31.9 Å². The first-order valence-corrected chi connectivity index (χ1v) is 19.5. The maximum absolute atomic E-state index is 14.3. The standard InChI is InChI=1S/C39H54N6O6S/c1-7-29(6)37(45-21-20-43(39(45)48)25-32-14-11-15-34(41-32)28(4)5)38(47)42-35(22-30-12-9-8-10-13-30)36(46)26-44(24-27(2)3)52(50,51)33-18-16-31(17-19-33)23-40-49/h8-19,23,27-29,35-37,46,49H,7,20-22,24-26H2,1-6H3,(H,42,47)/b40-23+/t29?,35-,36+,37?/m0/s1. The van der Waals surface area contributed by atoms with Gasteiger partial charge in [0.15, 0.2) is 0 Å². The molecule has 3 amide bonds. The Labute approximate surface area is 308 Å². The lowest BCUT2D eigenvalue weighted by Crippen LogP contribution is -2.57. The fourth-order valence-corrected chi connectivity index (χ4v) is 8.04. The third kappa shape index (κ3) is 10.4. The molecule has 3 N–H and O–H groups in total. The van der Waals surface area contributed by atoms with Gasteiger partial charge >= 0.3 is 6.03 Å². The number of nitrogens with one attached hydrogen (secondary N) is 1. The third-order valence-electron chi connectivity index (χ3n) is 9.46. The van der Waals surface area contributed by atoms with E-state index in [2.05, 4.69) is 24.3 Å². The summed E-state index contributed by atoms with van der Waals surface area (Å²) in [5, 5.41) is 26.7. The van der Waals surface area contributed by atoms with Crippen LogP contribution >= 0.6 is 0 Å².